The molecule has 1 aromatic carbocycles. The molecule has 0 saturated carbocycles. The van der Waals surface area contributed by atoms with Gasteiger partial charge in [0.15, 0.2) is 0 Å². The Morgan fingerprint density at radius 2 is 2.23 bits per heavy atom. The number of carbonyl (C=O) groups excluding carboxylic acids is 1. The molecule has 0 spiro atoms. The first-order chi connectivity index (χ1) is 10.6. The highest BCUT2D eigenvalue weighted by atomic mass is 16.6. The lowest BCUT2D eigenvalue weighted by Crippen LogP contribution is -2.42. The number of ether oxygens (including phenoxy) is 2. The molecule has 1 aliphatic rings. The highest BCUT2D eigenvalue weighted by Crippen LogP contribution is 2.09. The van der Waals surface area contributed by atoms with E-state index in [1.54, 1.807) is 11.9 Å². The Morgan fingerprint density at radius 1 is 1.41 bits per heavy atom. The fourth-order valence-electron chi connectivity index (χ4n) is 2.57. The lowest BCUT2D eigenvalue weighted by atomic mass is 10.3. The van der Waals surface area contributed by atoms with Crippen molar-refractivity contribution in [1.82, 2.24) is 14.5 Å². The molecule has 22 heavy (non-hydrogen) atoms. The van der Waals surface area contributed by atoms with Gasteiger partial charge in [-0.1, -0.05) is 12.1 Å². The van der Waals surface area contributed by atoms with Crippen LogP contribution >= 0.6 is 0 Å². The highest BCUT2D eigenvalue weighted by molar-refractivity contribution is 5.80. The van der Waals surface area contributed by atoms with Gasteiger partial charge in [0.25, 0.3) is 0 Å². The van der Waals surface area contributed by atoms with Crippen LogP contribution in [-0.2, 0) is 20.8 Å². The van der Waals surface area contributed by atoms with Crippen molar-refractivity contribution in [2.45, 2.75) is 12.6 Å². The molecule has 1 aliphatic heterocycles. The maximum absolute atomic E-state index is 12.3. The second-order valence-corrected chi connectivity index (χ2v) is 5.38. The smallest absolute Gasteiger partial charge is 0.326 e. The second-order valence-electron chi connectivity index (χ2n) is 5.38. The maximum Gasteiger partial charge on any atom is 0.326 e. The van der Waals surface area contributed by atoms with E-state index in [-0.39, 0.29) is 24.2 Å². The third kappa shape index (κ3) is 3.05. The van der Waals surface area contributed by atoms with Crippen molar-refractivity contribution in [3.63, 3.8) is 0 Å². The van der Waals surface area contributed by atoms with E-state index in [4.69, 9.17) is 9.47 Å². The average Bonchev–Trinajstić information content (AvgIpc) is 2.84. The summed E-state index contributed by atoms with van der Waals surface area (Å²) in [6.07, 6.45) is -0.109. The maximum atomic E-state index is 12.3. The molecule has 0 bridgehead atoms. The monoisotopic (exact) mass is 305 g/mol. The number of likely N-dealkylation sites (N-methyl/N-ethyl adjacent to an activating group) is 1. The van der Waals surface area contributed by atoms with Crippen molar-refractivity contribution in [2.24, 2.45) is 0 Å². The van der Waals surface area contributed by atoms with Crippen LogP contribution in [0, 0.1) is 0 Å². The number of benzene rings is 1. The standard InChI is InChI=1S/C15H19N3O4/c1-17(8-11-10-21-6-7-22-11)14(19)9-18-13-5-3-2-4-12(13)16-15(18)20/h2-5,11H,6-10H2,1H3,(H,16,20). The summed E-state index contributed by atoms with van der Waals surface area (Å²) in [5.74, 6) is -0.138. The first kappa shape index (κ1) is 14.8. The molecule has 1 atom stereocenters. The zero-order valence-electron chi connectivity index (χ0n) is 12.4. The van der Waals surface area contributed by atoms with Crippen LogP contribution in [0.15, 0.2) is 29.1 Å². The summed E-state index contributed by atoms with van der Waals surface area (Å²) in [4.78, 5) is 28.6. The molecule has 2 aromatic rings. The SMILES string of the molecule is CN(CC1COCCO1)C(=O)Cn1c(=O)[nH]c2ccccc21. The first-order valence-electron chi connectivity index (χ1n) is 7.26. The van der Waals surface area contributed by atoms with E-state index in [9.17, 15) is 9.59 Å². The Labute approximate surface area is 127 Å². The molecule has 0 aliphatic carbocycles. The predicted molar refractivity (Wildman–Crippen MR) is 80.8 cm³/mol. The number of H-pyrrole nitrogens is 1. The number of rotatable bonds is 4. The quantitative estimate of drug-likeness (QED) is 0.875. The summed E-state index contributed by atoms with van der Waals surface area (Å²) in [6, 6.07) is 7.32. The molecule has 1 unspecified atom stereocenters. The Bertz CT molecular complexity index is 715. The third-order valence-corrected chi connectivity index (χ3v) is 3.76. The molecule has 7 nitrogen and oxygen atoms in total. The molecule has 1 N–H and O–H groups in total. The fraction of sp³-hybridized carbons (Fsp3) is 0.467. The molecule has 1 amide bonds. The van der Waals surface area contributed by atoms with E-state index in [0.717, 1.165) is 11.0 Å². The Hall–Kier alpha value is -2.12. The first-order valence-corrected chi connectivity index (χ1v) is 7.26. The number of carbonyl (C=O) groups is 1. The van der Waals surface area contributed by atoms with Crippen LogP contribution in [0.2, 0.25) is 0 Å². The van der Waals surface area contributed by atoms with Crippen LogP contribution in [-0.4, -0.2) is 59.9 Å². The predicted octanol–water partition coefficient (Wildman–Crippen LogP) is 0.203. The lowest BCUT2D eigenvalue weighted by molar-refractivity contribution is -0.136. The van der Waals surface area contributed by atoms with Crippen molar-refractivity contribution >= 4 is 16.9 Å². The normalized spacial score (nSPS) is 18.5. The molecule has 7 heteroatoms. The van der Waals surface area contributed by atoms with Gasteiger partial charge in [-0.05, 0) is 12.1 Å². The van der Waals surface area contributed by atoms with Gasteiger partial charge in [0.1, 0.15) is 6.54 Å². The number of fused-ring (bicyclic) bond motifs is 1. The van der Waals surface area contributed by atoms with Crippen molar-refractivity contribution in [2.75, 3.05) is 33.4 Å². The van der Waals surface area contributed by atoms with Gasteiger partial charge in [-0.3, -0.25) is 9.36 Å². The number of nitrogens with zero attached hydrogens (tertiary/aromatic N) is 2. The minimum atomic E-state index is -0.278. The summed E-state index contributed by atoms with van der Waals surface area (Å²) >= 11 is 0. The van der Waals surface area contributed by atoms with E-state index in [1.165, 1.54) is 4.57 Å². The molecular formula is C15H19N3O4. The number of aromatic amines is 1. The molecule has 2 heterocycles. The topological polar surface area (TPSA) is 76.6 Å². The lowest BCUT2D eigenvalue weighted by Gasteiger charge is -2.27. The molecule has 1 aromatic heterocycles. The van der Waals surface area contributed by atoms with Crippen LogP contribution in [0.1, 0.15) is 0 Å². The highest BCUT2D eigenvalue weighted by Gasteiger charge is 2.20. The van der Waals surface area contributed by atoms with Gasteiger partial charge in [-0.2, -0.15) is 0 Å². The van der Waals surface area contributed by atoms with Crippen LogP contribution < -0.4 is 5.69 Å². The van der Waals surface area contributed by atoms with E-state index < -0.39 is 0 Å². The number of hydrogen-bond acceptors (Lipinski definition) is 4. The summed E-state index contributed by atoms with van der Waals surface area (Å²) < 4.78 is 12.3. The molecule has 1 fully saturated rings. The molecule has 3 rings (SSSR count). The summed E-state index contributed by atoms with van der Waals surface area (Å²) in [7, 11) is 1.71. The number of para-hydroxylation sites is 2. The van der Waals surface area contributed by atoms with Gasteiger partial charge in [0.2, 0.25) is 5.91 Å². The third-order valence-electron chi connectivity index (χ3n) is 3.76. The van der Waals surface area contributed by atoms with Gasteiger partial charge in [0, 0.05) is 13.6 Å². The van der Waals surface area contributed by atoms with Crippen LogP contribution in [0.5, 0.6) is 0 Å². The van der Waals surface area contributed by atoms with Gasteiger partial charge in [-0.25, -0.2) is 4.79 Å². The van der Waals surface area contributed by atoms with Crippen molar-refractivity contribution < 1.29 is 14.3 Å². The average molecular weight is 305 g/mol. The Kier molecular flexibility index (Phi) is 4.26. The summed E-state index contributed by atoms with van der Waals surface area (Å²) in [5, 5.41) is 0. The van der Waals surface area contributed by atoms with E-state index in [2.05, 4.69) is 4.98 Å². The minimum absolute atomic E-state index is 0.00687. The summed E-state index contributed by atoms with van der Waals surface area (Å²) in [5.41, 5.74) is 1.18. The Morgan fingerprint density at radius 3 is 3.00 bits per heavy atom. The molecule has 0 radical (unpaired) electrons. The van der Waals surface area contributed by atoms with Gasteiger partial charge in [0.05, 0.1) is 37.0 Å². The van der Waals surface area contributed by atoms with Crippen molar-refractivity contribution in [3.8, 4) is 0 Å². The number of amides is 1. The minimum Gasteiger partial charge on any atom is -0.376 e. The fourth-order valence-corrected chi connectivity index (χ4v) is 2.57. The number of nitrogens with one attached hydrogen (secondary N) is 1. The van der Waals surface area contributed by atoms with Gasteiger partial charge in [-0.15, -0.1) is 0 Å². The summed E-state index contributed by atoms with van der Waals surface area (Å²) in [6.45, 7) is 2.10. The Balaban J connectivity index is 1.69. The van der Waals surface area contributed by atoms with Crippen LogP contribution in [0.25, 0.3) is 11.0 Å². The second kappa shape index (κ2) is 6.33. The largest absolute Gasteiger partial charge is 0.376 e. The van der Waals surface area contributed by atoms with Gasteiger partial charge < -0.3 is 19.4 Å². The zero-order chi connectivity index (χ0) is 15.5. The number of hydrogen-bond donors (Lipinski definition) is 1. The van der Waals surface area contributed by atoms with Crippen molar-refractivity contribution in [3.05, 3.63) is 34.7 Å². The number of aromatic nitrogens is 2. The van der Waals surface area contributed by atoms with E-state index in [0.29, 0.717) is 26.4 Å². The van der Waals surface area contributed by atoms with E-state index in [1.807, 2.05) is 24.3 Å². The number of imidazole rings is 1. The zero-order valence-corrected chi connectivity index (χ0v) is 12.4. The molecular weight excluding hydrogens is 286 g/mol. The molecule has 118 valence electrons. The molecule has 1 saturated heterocycles. The van der Waals surface area contributed by atoms with Crippen LogP contribution in [0.3, 0.4) is 0 Å². The van der Waals surface area contributed by atoms with Crippen molar-refractivity contribution in [1.29, 1.82) is 0 Å². The van der Waals surface area contributed by atoms with Crippen LogP contribution in [0.4, 0.5) is 0 Å². The van der Waals surface area contributed by atoms with Gasteiger partial charge >= 0.3 is 5.69 Å². The van der Waals surface area contributed by atoms with E-state index >= 15 is 0 Å².